The van der Waals surface area contributed by atoms with Crippen molar-refractivity contribution in [2.75, 3.05) is 25.0 Å². The Balaban J connectivity index is 1.60. The van der Waals surface area contributed by atoms with Gasteiger partial charge in [0.1, 0.15) is 6.10 Å². The molecule has 2 N–H and O–H groups in total. The van der Waals surface area contributed by atoms with Crippen LogP contribution in [0.5, 0.6) is 0 Å². The lowest BCUT2D eigenvalue weighted by molar-refractivity contribution is -0.124. The highest BCUT2D eigenvalue weighted by molar-refractivity contribution is 7.15. The molecule has 0 bridgehead atoms. The van der Waals surface area contributed by atoms with Crippen LogP contribution in [-0.2, 0) is 22.5 Å². The maximum atomic E-state index is 12.1. The van der Waals surface area contributed by atoms with E-state index in [1.54, 1.807) is 11.0 Å². The molecule has 1 saturated heterocycles. The first-order chi connectivity index (χ1) is 11.2. The SMILES string of the molecule is C=CCNC(=O)N1CCc2nc(NC(=O)C3CCCO3)sc2C1. The number of hydrogen-bond acceptors (Lipinski definition) is 5. The second-order valence-corrected chi connectivity index (χ2v) is 6.61. The molecule has 0 radical (unpaired) electrons. The molecule has 1 unspecified atom stereocenters. The summed E-state index contributed by atoms with van der Waals surface area (Å²) in [5, 5.41) is 6.19. The Bertz CT molecular complexity index is 610. The van der Waals surface area contributed by atoms with Gasteiger partial charge in [-0.1, -0.05) is 17.4 Å². The Morgan fingerprint density at radius 2 is 2.39 bits per heavy atom. The number of rotatable bonds is 4. The molecule has 0 aliphatic carbocycles. The Labute approximate surface area is 138 Å². The second-order valence-electron chi connectivity index (χ2n) is 5.53. The van der Waals surface area contributed by atoms with Crippen LogP contribution in [0.25, 0.3) is 0 Å². The summed E-state index contributed by atoms with van der Waals surface area (Å²) in [6.07, 6.45) is 3.66. The van der Waals surface area contributed by atoms with Gasteiger partial charge in [-0.3, -0.25) is 10.1 Å². The average Bonchev–Trinajstić information content (AvgIpc) is 3.20. The van der Waals surface area contributed by atoms with Crippen LogP contribution in [0.4, 0.5) is 9.93 Å². The number of aromatic nitrogens is 1. The highest BCUT2D eigenvalue weighted by Crippen LogP contribution is 2.28. The fraction of sp³-hybridized carbons (Fsp3) is 0.533. The van der Waals surface area contributed by atoms with E-state index in [2.05, 4.69) is 22.2 Å². The summed E-state index contributed by atoms with van der Waals surface area (Å²) in [5.41, 5.74) is 0.963. The van der Waals surface area contributed by atoms with E-state index in [9.17, 15) is 9.59 Å². The minimum Gasteiger partial charge on any atom is -0.368 e. The maximum Gasteiger partial charge on any atom is 0.317 e. The van der Waals surface area contributed by atoms with Crippen molar-refractivity contribution in [2.24, 2.45) is 0 Å². The van der Waals surface area contributed by atoms with Crippen molar-refractivity contribution in [3.05, 3.63) is 23.2 Å². The van der Waals surface area contributed by atoms with Gasteiger partial charge in [-0.15, -0.1) is 6.58 Å². The molecule has 1 atom stereocenters. The van der Waals surface area contributed by atoms with Gasteiger partial charge in [0.15, 0.2) is 5.13 Å². The van der Waals surface area contributed by atoms with Gasteiger partial charge >= 0.3 is 6.03 Å². The maximum absolute atomic E-state index is 12.1. The summed E-state index contributed by atoms with van der Waals surface area (Å²) in [6, 6.07) is -0.103. The number of carbonyl (C=O) groups is 2. The van der Waals surface area contributed by atoms with Crippen LogP contribution in [0.3, 0.4) is 0 Å². The Morgan fingerprint density at radius 3 is 3.13 bits per heavy atom. The Kier molecular flexibility index (Phi) is 4.92. The molecular formula is C15H20N4O3S. The number of ether oxygens (including phenoxy) is 1. The van der Waals surface area contributed by atoms with E-state index in [1.807, 2.05) is 0 Å². The van der Waals surface area contributed by atoms with E-state index in [0.717, 1.165) is 23.4 Å². The lowest BCUT2D eigenvalue weighted by Crippen LogP contribution is -2.42. The van der Waals surface area contributed by atoms with Gasteiger partial charge < -0.3 is 15.0 Å². The fourth-order valence-electron chi connectivity index (χ4n) is 2.66. The predicted octanol–water partition coefficient (Wildman–Crippen LogP) is 1.51. The van der Waals surface area contributed by atoms with Crippen molar-refractivity contribution in [2.45, 2.75) is 31.9 Å². The fourth-order valence-corrected chi connectivity index (χ4v) is 3.69. The van der Waals surface area contributed by atoms with E-state index in [0.29, 0.717) is 37.8 Å². The zero-order chi connectivity index (χ0) is 16.2. The zero-order valence-electron chi connectivity index (χ0n) is 12.8. The van der Waals surface area contributed by atoms with Gasteiger partial charge in [0.25, 0.3) is 5.91 Å². The molecule has 124 valence electrons. The van der Waals surface area contributed by atoms with Gasteiger partial charge in [-0.05, 0) is 12.8 Å². The molecule has 2 aliphatic rings. The third-order valence-electron chi connectivity index (χ3n) is 3.87. The number of anilines is 1. The molecule has 2 aliphatic heterocycles. The predicted molar refractivity (Wildman–Crippen MR) is 87.4 cm³/mol. The van der Waals surface area contributed by atoms with Crippen molar-refractivity contribution in [3.63, 3.8) is 0 Å². The molecule has 3 heterocycles. The molecule has 0 spiro atoms. The number of urea groups is 1. The van der Waals surface area contributed by atoms with Crippen LogP contribution in [0.1, 0.15) is 23.4 Å². The van der Waals surface area contributed by atoms with Crippen molar-refractivity contribution in [1.82, 2.24) is 15.2 Å². The number of thiazole rings is 1. The third kappa shape index (κ3) is 3.70. The van der Waals surface area contributed by atoms with Gasteiger partial charge in [-0.25, -0.2) is 9.78 Å². The molecule has 23 heavy (non-hydrogen) atoms. The first-order valence-corrected chi connectivity index (χ1v) is 8.53. The summed E-state index contributed by atoms with van der Waals surface area (Å²) in [6.45, 7) is 5.82. The number of hydrogen-bond donors (Lipinski definition) is 2. The molecule has 0 aromatic carbocycles. The summed E-state index contributed by atoms with van der Waals surface area (Å²) >= 11 is 1.43. The first kappa shape index (κ1) is 15.9. The highest BCUT2D eigenvalue weighted by Gasteiger charge is 2.27. The van der Waals surface area contributed by atoms with Crippen molar-refractivity contribution < 1.29 is 14.3 Å². The monoisotopic (exact) mass is 336 g/mol. The lowest BCUT2D eigenvalue weighted by atomic mass is 10.2. The Hall–Kier alpha value is -1.93. The molecular weight excluding hydrogens is 316 g/mol. The molecule has 0 saturated carbocycles. The van der Waals surface area contributed by atoms with E-state index in [-0.39, 0.29) is 18.0 Å². The van der Waals surface area contributed by atoms with Crippen LogP contribution in [0.2, 0.25) is 0 Å². The minimum absolute atomic E-state index is 0.103. The normalized spacial score (nSPS) is 20.0. The third-order valence-corrected chi connectivity index (χ3v) is 4.87. The van der Waals surface area contributed by atoms with Crippen molar-refractivity contribution >= 4 is 28.4 Å². The average molecular weight is 336 g/mol. The molecule has 1 aromatic heterocycles. The van der Waals surface area contributed by atoms with Crippen LogP contribution >= 0.6 is 11.3 Å². The number of nitrogens with one attached hydrogen (secondary N) is 2. The standard InChI is InChI=1S/C15H20N4O3S/c1-2-6-16-15(21)19-7-5-10-12(9-19)23-14(17-10)18-13(20)11-4-3-8-22-11/h2,11H,1,3-9H2,(H,16,21)(H,17,18,20). The van der Waals surface area contributed by atoms with E-state index >= 15 is 0 Å². The molecule has 8 heteroatoms. The number of carbonyl (C=O) groups excluding carboxylic acids is 2. The molecule has 1 aromatic rings. The smallest absolute Gasteiger partial charge is 0.317 e. The quantitative estimate of drug-likeness (QED) is 0.817. The topological polar surface area (TPSA) is 83.6 Å². The van der Waals surface area contributed by atoms with Gasteiger partial charge in [0.2, 0.25) is 0 Å². The number of nitrogens with zero attached hydrogens (tertiary/aromatic N) is 2. The minimum atomic E-state index is -0.364. The van der Waals surface area contributed by atoms with E-state index < -0.39 is 0 Å². The van der Waals surface area contributed by atoms with Gasteiger partial charge in [0.05, 0.1) is 12.2 Å². The molecule has 3 amide bonds. The van der Waals surface area contributed by atoms with Crippen LogP contribution < -0.4 is 10.6 Å². The van der Waals surface area contributed by atoms with Crippen LogP contribution in [0.15, 0.2) is 12.7 Å². The summed E-state index contributed by atoms with van der Waals surface area (Å²) in [7, 11) is 0. The van der Waals surface area contributed by atoms with Crippen LogP contribution in [0, 0.1) is 0 Å². The van der Waals surface area contributed by atoms with Gasteiger partial charge in [-0.2, -0.15) is 0 Å². The first-order valence-electron chi connectivity index (χ1n) is 7.72. The van der Waals surface area contributed by atoms with Crippen molar-refractivity contribution in [1.29, 1.82) is 0 Å². The lowest BCUT2D eigenvalue weighted by Gasteiger charge is -2.25. The summed E-state index contributed by atoms with van der Waals surface area (Å²) in [4.78, 5) is 31.3. The van der Waals surface area contributed by atoms with Crippen LogP contribution in [-0.4, -0.2) is 47.6 Å². The molecule has 7 nitrogen and oxygen atoms in total. The number of fused-ring (bicyclic) bond motifs is 1. The highest BCUT2D eigenvalue weighted by atomic mass is 32.1. The zero-order valence-corrected chi connectivity index (χ0v) is 13.7. The Morgan fingerprint density at radius 1 is 1.52 bits per heavy atom. The number of amides is 3. The summed E-state index contributed by atoms with van der Waals surface area (Å²) < 4.78 is 5.37. The second kappa shape index (κ2) is 7.10. The van der Waals surface area contributed by atoms with Gasteiger partial charge in [0, 0.05) is 31.0 Å². The molecule has 3 rings (SSSR count). The largest absolute Gasteiger partial charge is 0.368 e. The van der Waals surface area contributed by atoms with E-state index in [4.69, 9.17) is 4.74 Å². The van der Waals surface area contributed by atoms with Crippen molar-refractivity contribution in [3.8, 4) is 0 Å². The summed E-state index contributed by atoms with van der Waals surface area (Å²) in [5.74, 6) is -0.130. The van der Waals surface area contributed by atoms with E-state index in [1.165, 1.54) is 11.3 Å². The molecule has 1 fully saturated rings.